The Kier molecular flexibility index (Phi) is 10.7. The number of rotatable bonds is 14. The highest BCUT2D eigenvalue weighted by Gasteiger charge is 2.46. The molecule has 0 aromatic rings. The van der Waals surface area contributed by atoms with Gasteiger partial charge in [-0.05, 0) is 69.0 Å². The van der Waals surface area contributed by atoms with Crippen LogP contribution in [0.15, 0.2) is 12.2 Å². The van der Waals surface area contributed by atoms with Crippen LogP contribution in [0.5, 0.6) is 0 Å². The van der Waals surface area contributed by atoms with Crippen LogP contribution in [0.1, 0.15) is 79.1 Å². The maximum absolute atomic E-state index is 5.88. The molecule has 5 atom stereocenters. The predicted octanol–water partition coefficient (Wildman–Crippen LogP) is 6.70. The van der Waals surface area contributed by atoms with Gasteiger partial charge in [-0.15, -0.1) is 0 Å². The molecule has 0 radical (unpaired) electrons. The number of fused-ring (bicyclic) bond motifs is 2. The molecule has 152 valence electrons. The molecule has 0 unspecified atom stereocenters. The monoisotopic (exact) mass is 382 g/mol. The van der Waals surface area contributed by atoms with Gasteiger partial charge in [0.2, 0.25) is 0 Å². The van der Waals surface area contributed by atoms with Crippen LogP contribution in [0, 0.1) is 23.7 Å². The Labute approximate surface area is 166 Å². The lowest BCUT2D eigenvalue weighted by Crippen LogP contribution is -2.28. The summed E-state index contributed by atoms with van der Waals surface area (Å²) in [6.45, 7) is 10.2. The molecule has 2 nitrogen and oxygen atoms in total. The molecule has 0 aromatic carbocycles. The highest BCUT2D eigenvalue weighted by Crippen LogP contribution is 2.54. The fourth-order valence-corrected chi connectivity index (χ4v) is 6.14. The normalized spacial score (nSPS) is 29.3. The van der Waals surface area contributed by atoms with E-state index >= 15 is 0 Å². The van der Waals surface area contributed by atoms with Crippen LogP contribution in [-0.2, 0) is 9.47 Å². The Morgan fingerprint density at radius 2 is 1.73 bits per heavy atom. The van der Waals surface area contributed by atoms with Crippen LogP contribution in [0.4, 0.5) is 0 Å². The van der Waals surface area contributed by atoms with E-state index in [0.717, 1.165) is 43.3 Å². The fourth-order valence-electron chi connectivity index (χ4n) is 5.18. The lowest BCUT2D eigenvalue weighted by molar-refractivity contribution is -0.150. The fraction of sp³-hybridized carbons (Fsp3) is 0.913. The van der Waals surface area contributed by atoms with E-state index in [1.165, 1.54) is 50.7 Å². The van der Waals surface area contributed by atoms with Crippen molar-refractivity contribution < 1.29 is 9.47 Å². The SMILES string of the molecule is CCCCC[C@H](/C=C/[C@@H]1[C@H]2CC[C@H](C2)[C@H]1CC(OCC)OCC)SCC. The van der Waals surface area contributed by atoms with Crippen LogP contribution in [-0.4, -0.2) is 30.5 Å². The molecule has 26 heavy (non-hydrogen) atoms. The number of thioether (sulfide) groups is 1. The molecule has 0 aromatic heterocycles. The van der Waals surface area contributed by atoms with E-state index in [4.69, 9.17) is 9.47 Å². The summed E-state index contributed by atoms with van der Waals surface area (Å²) in [6, 6.07) is 0. The van der Waals surface area contributed by atoms with E-state index in [2.05, 4.69) is 51.6 Å². The van der Waals surface area contributed by atoms with E-state index in [1.54, 1.807) is 0 Å². The first kappa shape index (κ1) is 22.3. The van der Waals surface area contributed by atoms with Gasteiger partial charge in [0.1, 0.15) is 0 Å². The Morgan fingerprint density at radius 1 is 1.00 bits per heavy atom. The van der Waals surface area contributed by atoms with Gasteiger partial charge in [0, 0.05) is 24.9 Å². The molecule has 2 aliphatic carbocycles. The summed E-state index contributed by atoms with van der Waals surface area (Å²) >= 11 is 2.13. The third-order valence-electron chi connectivity index (χ3n) is 6.35. The van der Waals surface area contributed by atoms with E-state index in [0.29, 0.717) is 5.25 Å². The number of allylic oxidation sites excluding steroid dienone is 1. The first-order valence-corrected chi connectivity index (χ1v) is 12.3. The minimum atomic E-state index is -0.00406. The summed E-state index contributed by atoms with van der Waals surface area (Å²) in [4.78, 5) is 0. The van der Waals surface area contributed by atoms with E-state index in [-0.39, 0.29) is 6.29 Å². The van der Waals surface area contributed by atoms with Crippen LogP contribution in [0.25, 0.3) is 0 Å². The second-order valence-corrected chi connectivity index (χ2v) is 9.54. The van der Waals surface area contributed by atoms with Gasteiger partial charge in [-0.25, -0.2) is 0 Å². The lowest BCUT2D eigenvalue weighted by Gasteiger charge is -2.32. The molecule has 0 N–H and O–H groups in total. The topological polar surface area (TPSA) is 18.5 Å². The summed E-state index contributed by atoms with van der Waals surface area (Å²) in [7, 11) is 0. The minimum absolute atomic E-state index is 0.00406. The van der Waals surface area contributed by atoms with Gasteiger partial charge in [-0.2, -0.15) is 11.8 Å². The largest absolute Gasteiger partial charge is 0.353 e. The van der Waals surface area contributed by atoms with E-state index < -0.39 is 0 Å². The lowest BCUT2D eigenvalue weighted by atomic mass is 9.77. The van der Waals surface area contributed by atoms with Crippen molar-refractivity contribution in [3.05, 3.63) is 12.2 Å². The summed E-state index contributed by atoms with van der Waals surface area (Å²) in [5.41, 5.74) is 0. The van der Waals surface area contributed by atoms with Gasteiger partial charge < -0.3 is 9.47 Å². The number of ether oxygens (including phenoxy) is 2. The molecule has 0 spiro atoms. The van der Waals surface area contributed by atoms with Crippen LogP contribution in [0.2, 0.25) is 0 Å². The van der Waals surface area contributed by atoms with Gasteiger partial charge in [-0.1, -0.05) is 45.3 Å². The van der Waals surface area contributed by atoms with Crippen LogP contribution in [0.3, 0.4) is 0 Å². The number of hydrogen-bond acceptors (Lipinski definition) is 3. The number of unbranched alkanes of at least 4 members (excludes halogenated alkanes) is 2. The molecule has 2 aliphatic rings. The molecule has 0 saturated heterocycles. The Bertz CT molecular complexity index is 392. The summed E-state index contributed by atoms with van der Waals surface area (Å²) in [5, 5.41) is 0.709. The van der Waals surface area contributed by atoms with Gasteiger partial charge in [0.25, 0.3) is 0 Å². The molecule has 0 aliphatic heterocycles. The predicted molar refractivity (Wildman–Crippen MR) is 115 cm³/mol. The van der Waals surface area contributed by atoms with Crippen molar-refractivity contribution in [3.8, 4) is 0 Å². The molecule has 2 saturated carbocycles. The maximum atomic E-state index is 5.88. The Balaban J connectivity index is 1.97. The third kappa shape index (κ3) is 6.56. The van der Waals surface area contributed by atoms with Gasteiger partial charge in [0.15, 0.2) is 6.29 Å². The molecule has 3 heteroatoms. The Hall–Kier alpha value is 0.0100. The van der Waals surface area contributed by atoms with Gasteiger partial charge in [-0.3, -0.25) is 0 Å². The minimum Gasteiger partial charge on any atom is -0.353 e. The number of hydrogen-bond donors (Lipinski definition) is 0. The Morgan fingerprint density at radius 3 is 2.38 bits per heavy atom. The second kappa shape index (κ2) is 12.5. The highest BCUT2D eigenvalue weighted by atomic mass is 32.2. The van der Waals surface area contributed by atoms with E-state index in [9.17, 15) is 0 Å². The standard InChI is InChI=1S/C23H42O2S/c1-5-9-10-11-20(26-8-4)14-15-21-18-12-13-19(16-18)22(21)17-23(24-6-2)25-7-3/h14-15,18-23H,5-13,16-17H2,1-4H3/b15-14+/t18-,19+,20+,21+,22+/m0/s1. The molecule has 2 bridgehead atoms. The summed E-state index contributed by atoms with van der Waals surface area (Å²) in [5.74, 6) is 4.54. The van der Waals surface area contributed by atoms with Crippen molar-refractivity contribution in [2.45, 2.75) is 90.6 Å². The molecule has 2 rings (SSSR count). The van der Waals surface area contributed by atoms with E-state index in [1.807, 2.05) is 0 Å². The smallest absolute Gasteiger partial charge is 0.157 e. The molecular formula is C23H42O2S. The van der Waals surface area contributed by atoms with Crippen molar-refractivity contribution in [2.24, 2.45) is 23.7 Å². The van der Waals surface area contributed by atoms with Crippen molar-refractivity contribution >= 4 is 11.8 Å². The average molecular weight is 383 g/mol. The van der Waals surface area contributed by atoms with Crippen molar-refractivity contribution in [3.63, 3.8) is 0 Å². The molecule has 0 amide bonds. The highest BCUT2D eigenvalue weighted by molar-refractivity contribution is 8.00. The van der Waals surface area contributed by atoms with Gasteiger partial charge in [0.05, 0.1) is 0 Å². The molecule has 2 fully saturated rings. The van der Waals surface area contributed by atoms with Crippen molar-refractivity contribution in [2.75, 3.05) is 19.0 Å². The zero-order valence-corrected chi connectivity index (χ0v) is 18.4. The van der Waals surface area contributed by atoms with Crippen molar-refractivity contribution in [1.82, 2.24) is 0 Å². The van der Waals surface area contributed by atoms with Crippen molar-refractivity contribution in [1.29, 1.82) is 0 Å². The second-order valence-electron chi connectivity index (χ2n) is 8.02. The molecule has 0 heterocycles. The average Bonchev–Trinajstić information content (AvgIpc) is 3.22. The zero-order chi connectivity index (χ0) is 18.8. The third-order valence-corrected chi connectivity index (χ3v) is 7.50. The first-order valence-electron chi connectivity index (χ1n) is 11.3. The van der Waals surface area contributed by atoms with Gasteiger partial charge >= 0.3 is 0 Å². The van der Waals surface area contributed by atoms with Crippen LogP contribution < -0.4 is 0 Å². The summed E-state index contributed by atoms with van der Waals surface area (Å²) < 4.78 is 11.8. The molecular weight excluding hydrogens is 340 g/mol. The zero-order valence-electron chi connectivity index (χ0n) is 17.6. The quantitative estimate of drug-likeness (QED) is 0.189. The summed E-state index contributed by atoms with van der Waals surface area (Å²) in [6.07, 6.45) is 16.0. The maximum Gasteiger partial charge on any atom is 0.157 e. The first-order chi connectivity index (χ1) is 12.7. The van der Waals surface area contributed by atoms with Crippen LogP contribution >= 0.6 is 11.8 Å².